The topological polar surface area (TPSA) is 67.2 Å². The van der Waals surface area contributed by atoms with Crippen molar-refractivity contribution in [1.29, 1.82) is 0 Å². The molecule has 0 spiro atoms. The smallest absolute Gasteiger partial charge is 0.293 e. The molecule has 2 N–H and O–H groups in total. The lowest BCUT2D eigenvalue weighted by Crippen LogP contribution is -2.31. The van der Waals surface area contributed by atoms with Gasteiger partial charge in [0.05, 0.1) is 4.92 Å². The van der Waals surface area contributed by atoms with Crippen LogP contribution in [0.4, 0.5) is 11.4 Å². The summed E-state index contributed by atoms with van der Waals surface area (Å²) in [5, 5.41) is 17.9. The second kappa shape index (κ2) is 6.02. The van der Waals surface area contributed by atoms with Crippen LogP contribution in [0.5, 0.6) is 0 Å². The second-order valence-corrected chi connectivity index (χ2v) is 4.90. The van der Waals surface area contributed by atoms with Gasteiger partial charge in [-0.1, -0.05) is 18.0 Å². The molecule has 1 heterocycles. The Morgan fingerprint density at radius 1 is 1.44 bits per heavy atom. The van der Waals surface area contributed by atoms with Crippen molar-refractivity contribution in [3.8, 4) is 0 Å². The largest absolute Gasteiger partial charge is 0.375 e. The predicted octanol–water partition coefficient (Wildman–Crippen LogP) is 2.80. The molecule has 1 atom stereocenters. The number of anilines is 1. The number of halogens is 1. The van der Waals surface area contributed by atoms with E-state index in [0.717, 1.165) is 32.4 Å². The molecule has 0 radical (unpaired) electrons. The summed E-state index contributed by atoms with van der Waals surface area (Å²) in [7, 11) is 0. The zero-order valence-electron chi connectivity index (χ0n) is 9.99. The molecule has 1 fully saturated rings. The highest BCUT2D eigenvalue weighted by atomic mass is 35.5. The molecule has 98 valence electrons. The molecule has 0 bridgehead atoms. The Kier molecular flexibility index (Phi) is 4.38. The van der Waals surface area contributed by atoms with Gasteiger partial charge in [0.25, 0.3) is 5.69 Å². The minimum Gasteiger partial charge on any atom is -0.375 e. The number of hydrogen-bond donors (Lipinski definition) is 2. The number of nitrogens with one attached hydrogen (secondary N) is 2. The third-order valence-electron chi connectivity index (χ3n) is 3.06. The van der Waals surface area contributed by atoms with Crippen LogP contribution in [0.3, 0.4) is 0 Å². The quantitative estimate of drug-likeness (QED) is 0.654. The van der Waals surface area contributed by atoms with E-state index in [0.29, 0.717) is 10.7 Å². The van der Waals surface area contributed by atoms with Gasteiger partial charge >= 0.3 is 0 Å². The van der Waals surface area contributed by atoms with Gasteiger partial charge in [-0.25, -0.2) is 0 Å². The summed E-state index contributed by atoms with van der Waals surface area (Å²) in [5.41, 5.74) is 0.574. The van der Waals surface area contributed by atoms with E-state index < -0.39 is 4.92 Å². The van der Waals surface area contributed by atoms with Crippen LogP contribution in [-0.2, 0) is 0 Å². The van der Waals surface area contributed by atoms with Gasteiger partial charge < -0.3 is 10.6 Å². The summed E-state index contributed by atoms with van der Waals surface area (Å²) >= 11 is 5.79. The van der Waals surface area contributed by atoms with Crippen LogP contribution in [-0.4, -0.2) is 24.1 Å². The molecule has 1 aliphatic heterocycles. The number of nitro groups is 1. The summed E-state index contributed by atoms with van der Waals surface area (Å²) in [6.45, 7) is 1.85. The molecule has 1 aliphatic rings. The Bertz CT molecular complexity index is 431. The van der Waals surface area contributed by atoms with Gasteiger partial charge in [0.15, 0.2) is 0 Å². The van der Waals surface area contributed by atoms with Crippen molar-refractivity contribution in [3.63, 3.8) is 0 Å². The summed E-state index contributed by atoms with van der Waals surface area (Å²) in [4.78, 5) is 10.6. The van der Waals surface area contributed by atoms with Crippen molar-refractivity contribution in [2.75, 3.05) is 18.4 Å². The summed E-state index contributed by atoms with van der Waals surface area (Å²) in [6.07, 6.45) is 3.31. The van der Waals surface area contributed by atoms with E-state index >= 15 is 0 Å². The Balaban J connectivity index is 2.14. The first kappa shape index (κ1) is 13.1. The Morgan fingerprint density at radius 2 is 2.28 bits per heavy atom. The van der Waals surface area contributed by atoms with E-state index in [1.54, 1.807) is 12.1 Å². The highest BCUT2D eigenvalue weighted by molar-refractivity contribution is 6.30. The Morgan fingerprint density at radius 3 is 3.06 bits per heavy atom. The van der Waals surface area contributed by atoms with Gasteiger partial charge in [0.1, 0.15) is 5.69 Å². The highest BCUT2D eigenvalue weighted by Crippen LogP contribution is 2.28. The van der Waals surface area contributed by atoms with Gasteiger partial charge in [0.2, 0.25) is 0 Å². The van der Waals surface area contributed by atoms with Crippen LogP contribution in [0.15, 0.2) is 18.2 Å². The Labute approximate surface area is 111 Å². The van der Waals surface area contributed by atoms with E-state index in [2.05, 4.69) is 10.6 Å². The third kappa shape index (κ3) is 3.34. The first-order chi connectivity index (χ1) is 8.66. The molecule has 0 amide bonds. The number of nitro benzene ring substituents is 1. The second-order valence-electron chi connectivity index (χ2n) is 4.46. The minimum atomic E-state index is -0.404. The SMILES string of the molecule is O=[N+]([O-])c1cc(Cl)ccc1NC1CCCCNC1. The lowest BCUT2D eigenvalue weighted by atomic mass is 10.1. The molecule has 0 saturated carbocycles. The molecule has 0 aliphatic carbocycles. The third-order valence-corrected chi connectivity index (χ3v) is 3.30. The first-order valence-electron chi connectivity index (χ1n) is 6.08. The van der Waals surface area contributed by atoms with Crippen molar-refractivity contribution < 1.29 is 4.92 Å². The molecule has 5 nitrogen and oxygen atoms in total. The zero-order valence-corrected chi connectivity index (χ0v) is 10.7. The van der Waals surface area contributed by atoms with Crippen LogP contribution in [0.2, 0.25) is 5.02 Å². The predicted molar refractivity (Wildman–Crippen MR) is 72.2 cm³/mol. The number of rotatable bonds is 3. The van der Waals surface area contributed by atoms with Crippen LogP contribution in [0.25, 0.3) is 0 Å². The van der Waals surface area contributed by atoms with Crippen molar-refractivity contribution in [2.24, 2.45) is 0 Å². The fraction of sp³-hybridized carbons (Fsp3) is 0.500. The van der Waals surface area contributed by atoms with Gasteiger partial charge in [-0.3, -0.25) is 10.1 Å². The van der Waals surface area contributed by atoms with Gasteiger partial charge in [0, 0.05) is 23.7 Å². The molecule has 18 heavy (non-hydrogen) atoms. The van der Waals surface area contributed by atoms with E-state index in [4.69, 9.17) is 11.6 Å². The average Bonchev–Trinajstić information content (AvgIpc) is 2.60. The molecule has 6 heteroatoms. The molecule has 1 unspecified atom stereocenters. The van der Waals surface area contributed by atoms with Crippen molar-refractivity contribution in [3.05, 3.63) is 33.3 Å². The fourth-order valence-corrected chi connectivity index (χ4v) is 2.31. The van der Waals surface area contributed by atoms with Gasteiger partial charge in [-0.05, 0) is 31.5 Å². The maximum Gasteiger partial charge on any atom is 0.293 e. The molecule has 2 rings (SSSR count). The lowest BCUT2D eigenvalue weighted by molar-refractivity contribution is -0.384. The molecule has 1 aromatic rings. The number of hydrogen-bond acceptors (Lipinski definition) is 4. The molecule has 1 aromatic carbocycles. The number of nitrogens with zero attached hydrogens (tertiary/aromatic N) is 1. The van der Waals surface area contributed by atoms with Gasteiger partial charge in [-0.2, -0.15) is 0 Å². The van der Waals surface area contributed by atoms with E-state index in [1.165, 1.54) is 6.07 Å². The maximum atomic E-state index is 11.0. The van der Waals surface area contributed by atoms with Crippen molar-refractivity contribution in [1.82, 2.24) is 5.32 Å². The monoisotopic (exact) mass is 269 g/mol. The Hall–Kier alpha value is -1.33. The normalized spacial score (nSPS) is 20.2. The highest BCUT2D eigenvalue weighted by Gasteiger charge is 2.18. The van der Waals surface area contributed by atoms with Crippen molar-refractivity contribution >= 4 is 23.0 Å². The maximum absolute atomic E-state index is 11.0. The zero-order chi connectivity index (χ0) is 13.0. The molecular weight excluding hydrogens is 254 g/mol. The summed E-state index contributed by atoms with van der Waals surface area (Å²) in [5.74, 6) is 0. The number of benzene rings is 1. The van der Waals surface area contributed by atoms with Gasteiger partial charge in [-0.15, -0.1) is 0 Å². The molecular formula is C12H16ClN3O2. The van der Waals surface area contributed by atoms with E-state index in [1.807, 2.05) is 0 Å². The fourth-order valence-electron chi connectivity index (χ4n) is 2.14. The minimum absolute atomic E-state index is 0.0340. The van der Waals surface area contributed by atoms with Crippen LogP contribution in [0.1, 0.15) is 19.3 Å². The first-order valence-corrected chi connectivity index (χ1v) is 6.46. The van der Waals surface area contributed by atoms with Crippen LogP contribution >= 0.6 is 11.6 Å². The lowest BCUT2D eigenvalue weighted by Gasteiger charge is -2.17. The summed E-state index contributed by atoms with van der Waals surface area (Å²) in [6, 6.07) is 4.95. The molecule has 1 saturated heterocycles. The van der Waals surface area contributed by atoms with Crippen LogP contribution in [0, 0.1) is 10.1 Å². The van der Waals surface area contributed by atoms with E-state index in [-0.39, 0.29) is 11.7 Å². The van der Waals surface area contributed by atoms with Crippen LogP contribution < -0.4 is 10.6 Å². The standard InChI is InChI=1S/C12H16ClN3O2/c13-9-4-5-11(12(7-9)16(17)18)15-10-3-1-2-6-14-8-10/h4-5,7,10,14-15H,1-3,6,8H2. The van der Waals surface area contributed by atoms with Crippen molar-refractivity contribution in [2.45, 2.75) is 25.3 Å². The average molecular weight is 270 g/mol. The summed E-state index contributed by atoms with van der Waals surface area (Å²) < 4.78 is 0. The van der Waals surface area contributed by atoms with E-state index in [9.17, 15) is 10.1 Å². The molecule has 0 aromatic heterocycles.